The molecule has 1 heterocycles. The number of halogens is 7. The fourth-order valence-corrected chi connectivity index (χ4v) is 3.89. The van der Waals surface area contributed by atoms with E-state index < -0.39 is 52.6 Å². The van der Waals surface area contributed by atoms with Gasteiger partial charge in [-0.05, 0) is 37.8 Å². The quantitative estimate of drug-likeness (QED) is 0.190. The lowest BCUT2D eigenvalue weighted by molar-refractivity contribution is -0.140. The molecule has 0 fully saturated rings. The van der Waals surface area contributed by atoms with Crippen molar-refractivity contribution in [1.29, 1.82) is 0 Å². The number of ether oxygens (including phenoxy) is 2. The minimum atomic E-state index is -5.09. The fourth-order valence-electron chi connectivity index (χ4n) is 3.50. The molecule has 1 unspecified atom stereocenters. The van der Waals surface area contributed by atoms with Gasteiger partial charge in [0.25, 0.3) is 0 Å². The molecule has 188 valence electrons. The molecule has 0 bridgehead atoms. The number of allylic oxidation sites excluding steroid dienone is 2. The Morgan fingerprint density at radius 3 is 2.24 bits per heavy atom. The van der Waals surface area contributed by atoms with Gasteiger partial charge in [-0.1, -0.05) is 34.1 Å². The molecule has 1 aromatic rings. The molecule has 12 heteroatoms. The normalized spacial score (nSPS) is 16.9. The summed E-state index contributed by atoms with van der Waals surface area (Å²) in [6.07, 6.45) is -7.91. The maximum atomic E-state index is 13.8. The Morgan fingerprint density at radius 1 is 1.00 bits per heavy atom. The number of carbonyl (C=O) groups excluding carboxylic acids is 2. The van der Waals surface area contributed by atoms with Crippen LogP contribution >= 0.6 is 15.9 Å². The van der Waals surface area contributed by atoms with Crippen molar-refractivity contribution < 1.29 is 45.4 Å². The largest absolute Gasteiger partial charge is 0.466 e. The molecule has 0 aliphatic carbocycles. The monoisotopic (exact) mass is 557 g/mol. The molecule has 5 nitrogen and oxygen atoms in total. The Morgan fingerprint density at radius 2 is 1.68 bits per heavy atom. The number of hydrogen-bond donors (Lipinski definition) is 1. The van der Waals surface area contributed by atoms with Gasteiger partial charge in [-0.2, -0.15) is 26.3 Å². The maximum absolute atomic E-state index is 13.8. The van der Waals surface area contributed by atoms with Crippen molar-refractivity contribution in [3.8, 4) is 0 Å². The predicted molar refractivity (Wildman–Crippen MR) is 114 cm³/mol. The summed E-state index contributed by atoms with van der Waals surface area (Å²) in [5.41, 5.74) is -4.76. The summed E-state index contributed by atoms with van der Waals surface area (Å²) in [4.78, 5) is 25.4. The van der Waals surface area contributed by atoms with Crippen LogP contribution in [0.5, 0.6) is 0 Å². The van der Waals surface area contributed by atoms with Gasteiger partial charge in [-0.15, -0.1) is 0 Å². The first-order chi connectivity index (χ1) is 15.8. The second-order valence-corrected chi connectivity index (χ2v) is 8.18. The number of nitrogens with one attached hydrogen (secondary N) is 1. The number of dihydropyridines is 1. The molecule has 0 aromatic heterocycles. The van der Waals surface area contributed by atoms with Gasteiger partial charge < -0.3 is 14.8 Å². The molecule has 0 radical (unpaired) electrons. The molecular weight excluding hydrogens is 536 g/mol. The minimum absolute atomic E-state index is 0.0542. The lowest BCUT2D eigenvalue weighted by Gasteiger charge is -2.32. The molecule has 0 saturated carbocycles. The molecule has 1 aliphatic rings. The van der Waals surface area contributed by atoms with Gasteiger partial charge in [0.2, 0.25) is 0 Å². The number of methoxy groups -OCH3 is 1. The van der Waals surface area contributed by atoms with Crippen LogP contribution in [0.4, 0.5) is 26.3 Å². The third-order valence-electron chi connectivity index (χ3n) is 5.03. The van der Waals surface area contributed by atoms with Crippen LogP contribution in [0.1, 0.15) is 43.2 Å². The molecule has 2 rings (SSSR count). The average molecular weight is 558 g/mol. The van der Waals surface area contributed by atoms with Crippen molar-refractivity contribution in [1.82, 2.24) is 5.32 Å². The first-order valence-corrected chi connectivity index (χ1v) is 11.2. The molecule has 1 aromatic carbocycles. The number of unbranched alkanes of at least 4 members (excludes halogenated alkanes) is 2. The van der Waals surface area contributed by atoms with Crippen LogP contribution < -0.4 is 5.32 Å². The first-order valence-electron chi connectivity index (χ1n) is 10.1. The summed E-state index contributed by atoms with van der Waals surface area (Å²) in [6, 6.07) is 3.43. The Kier molecular flexibility index (Phi) is 9.21. The number of benzene rings is 1. The third-order valence-corrected chi connectivity index (χ3v) is 5.59. The molecule has 34 heavy (non-hydrogen) atoms. The summed E-state index contributed by atoms with van der Waals surface area (Å²) >= 11 is 3.26. The van der Waals surface area contributed by atoms with Crippen LogP contribution in [0.2, 0.25) is 0 Å². The maximum Gasteiger partial charge on any atom is 0.431 e. The zero-order valence-corrected chi connectivity index (χ0v) is 19.8. The lowest BCUT2D eigenvalue weighted by Crippen LogP contribution is -2.38. The second-order valence-electron chi connectivity index (χ2n) is 7.38. The highest BCUT2D eigenvalue weighted by atomic mass is 79.9. The summed E-state index contributed by atoms with van der Waals surface area (Å²) in [6.45, 7) is 1.10. The molecule has 0 spiro atoms. The molecule has 0 amide bonds. The van der Waals surface area contributed by atoms with Crippen molar-refractivity contribution >= 4 is 27.9 Å². The van der Waals surface area contributed by atoms with E-state index in [-0.39, 0.29) is 17.9 Å². The van der Waals surface area contributed by atoms with E-state index in [4.69, 9.17) is 4.74 Å². The second kappa shape index (κ2) is 11.3. The van der Waals surface area contributed by atoms with E-state index in [1.807, 2.05) is 5.32 Å². The van der Waals surface area contributed by atoms with Crippen LogP contribution in [0.15, 0.2) is 46.8 Å². The Balaban J connectivity index is 2.65. The average Bonchev–Trinajstić information content (AvgIpc) is 2.76. The number of alkyl halides is 7. The molecule has 1 N–H and O–H groups in total. The SMILES string of the molecule is COC(=O)C1=C(C(F)(F)F)NC(C)=C(C(=O)OCCCCCBr)C1c1cccc(C(F)(F)F)c1. The van der Waals surface area contributed by atoms with Gasteiger partial charge in [-0.25, -0.2) is 9.59 Å². The van der Waals surface area contributed by atoms with Crippen LogP contribution in [0.25, 0.3) is 0 Å². The predicted octanol–water partition coefficient (Wildman–Crippen LogP) is 5.76. The number of rotatable bonds is 8. The number of carbonyl (C=O) groups is 2. The van der Waals surface area contributed by atoms with Crippen molar-refractivity contribution in [2.24, 2.45) is 0 Å². The summed E-state index contributed by atoms with van der Waals surface area (Å²) in [5.74, 6) is -4.30. The van der Waals surface area contributed by atoms with E-state index >= 15 is 0 Å². The third kappa shape index (κ3) is 6.55. The Hall–Kier alpha value is -2.50. The fraction of sp³-hybridized carbons (Fsp3) is 0.455. The Bertz CT molecular complexity index is 984. The first kappa shape index (κ1) is 27.7. The lowest BCUT2D eigenvalue weighted by atomic mass is 9.79. The van der Waals surface area contributed by atoms with E-state index in [9.17, 15) is 35.9 Å². The van der Waals surface area contributed by atoms with Gasteiger partial charge in [0.15, 0.2) is 0 Å². The van der Waals surface area contributed by atoms with Crippen LogP contribution in [-0.4, -0.2) is 37.2 Å². The van der Waals surface area contributed by atoms with E-state index in [0.29, 0.717) is 18.9 Å². The number of esters is 2. The van der Waals surface area contributed by atoms with Gasteiger partial charge in [0.1, 0.15) is 5.70 Å². The van der Waals surface area contributed by atoms with E-state index in [2.05, 4.69) is 20.7 Å². The highest BCUT2D eigenvalue weighted by molar-refractivity contribution is 9.09. The molecule has 1 aliphatic heterocycles. The summed E-state index contributed by atoms with van der Waals surface area (Å²) < 4.78 is 91.1. The van der Waals surface area contributed by atoms with Crippen molar-refractivity contribution in [3.63, 3.8) is 0 Å². The van der Waals surface area contributed by atoms with Crippen LogP contribution in [0, 0.1) is 0 Å². The van der Waals surface area contributed by atoms with Crippen molar-refractivity contribution in [2.75, 3.05) is 19.0 Å². The number of hydrogen-bond acceptors (Lipinski definition) is 5. The highest BCUT2D eigenvalue weighted by Gasteiger charge is 2.47. The summed E-state index contributed by atoms with van der Waals surface area (Å²) in [7, 11) is 0.833. The van der Waals surface area contributed by atoms with Crippen molar-refractivity contribution in [2.45, 2.75) is 44.5 Å². The van der Waals surface area contributed by atoms with E-state index in [1.54, 1.807) is 0 Å². The van der Waals surface area contributed by atoms with Crippen LogP contribution in [-0.2, 0) is 25.2 Å². The molecule has 0 saturated heterocycles. The van der Waals surface area contributed by atoms with Gasteiger partial charge in [0, 0.05) is 11.0 Å². The molecular formula is C22H22BrF6NO4. The van der Waals surface area contributed by atoms with Gasteiger partial charge in [0.05, 0.1) is 36.3 Å². The Labute approximate surface area is 200 Å². The molecule has 1 atom stereocenters. The van der Waals surface area contributed by atoms with Gasteiger partial charge >= 0.3 is 24.3 Å². The van der Waals surface area contributed by atoms with E-state index in [0.717, 1.165) is 44.0 Å². The van der Waals surface area contributed by atoms with Crippen LogP contribution in [0.3, 0.4) is 0 Å². The van der Waals surface area contributed by atoms with Gasteiger partial charge in [-0.3, -0.25) is 0 Å². The van der Waals surface area contributed by atoms with E-state index in [1.165, 1.54) is 0 Å². The zero-order chi connectivity index (χ0) is 25.7. The standard InChI is InChI=1S/C22H22BrF6NO4/c1-12-15(20(32)34-10-5-3-4-9-23)16(13-7-6-8-14(11-13)21(24,25)26)17(19(31)33-2)18(30-12)22(27,28)29/h6-8,11,16,30H,3-5,9-10H2,1-2H3. The smallest absolute Gasteiger partial charge is 0.431 e. The zero-order valence-electron chi connectivity index (χ0n) is 18.2. The minimum Gasteiger partial charge on any atom is -0.466 e. The van der Waals surface area contributed by atoms with Crippen molar-refractivity contribution in [3.05, 3.63) is 57.9 Å². The highest BCUT2D eigenvalue weighted by Crippen LogP contribution is 2.44. The topological polar surface area (TPSA) is 64.6 Å². The summed E-state index contributed by atoms with van der Waals surface area (Å²) in [5, 5.41) is 2.75.